The van der Waals surface area contributed by atoms with Gasteiger partial charge in [-0.2, -0.15) is 21.4 Å². The lowest BCUT2D eigenvalue weighted by Crippen LogP contribution is -2.13. The van der Waals surface area contributed by atoms with Crippen LogP contribution in [0.1, 0.15) is 5.89 Å². The molecule has 0 N–H and O–H groups in total. The molecule has 0 radical (unpaired) electrons. The van der Waals surface area contributed by atoms with E-state index in [1.54, 1.807) is 22.1 Å². The van der Waals surface area contributed by atoms with E-state index in [0.29, 0.717) is 23.6 Å². The molecule has 0 amide bonds. The lowest BCUT2D eigenvalue weighted by Gasteiger charge is -2.05. The fourth-order valence-electron chi connectivity index (χ4n) is 2.24. The summed E-state index contributed by atoms with van der Waals surface area (Å²) in [5.41, 5.74) is 1.57. The van der Waals surface area contributed by atoms with Crippen LogP contribution >= 0.6 is 11.3 Å². The van der Waals surface area contributed by atoms with Gasteiger partial charge in [0.1, 0.15) is 6.54 Å². The number of para-hydroxylation sites is 1. The lowest BCUT2D eigenvalue weighted by atomic mass is 10.2. The van der Waals surface area contributed by atoms with Crippen LogP contribution < -0.4 is 5.43 Å². The van der Waals surface area contributed by atoms with Gasteiger partial charge in [0.25, 0.3) is 0 Å². The average molecular weight is 310 g/mol. The zero-order valence-corrected chi connectivity index (χ0v) is 12.2. The summed E-state index contributed by atoms with van der Waals surface area (Å²) in [5, 5.41) is 12.7. The normalized spacial score (nSPS) is 11.1. The van der Waals surface area contributed by atoms with Crippen molar-refractivity contribution in [2.24, 2.45) is 0 Å². The van der Waals surface area contributed by atoms with Crippen molar-refractivity contribution in [2.45, 2.75) is 6.54 Å². The zero-order chi connectivity index (χ0) is 14.9. The van der Waals surface area contributed by atoms with Gasteiger partial charge in [-0.05, 0) is 23.6 Å². The van der Waals surface area contributed by atoms with Crippen molar-refractivity contribution in [3.05, 3.63) is 63.4 Å². The molecule has 4 rings (SSSR count). The van der Waals surface area contributed by atoms with E-state index in [1.165, 1.54) is 6.20 Å². The molecule has 4 aromatic rings. The van der Waals surface area contributed by atoms with Crippen LogP contribution in [0.3, 0.4) is 0 Å². The second kappa shape index (κ2) is 5.19. The molecule has 0 saturated carbocycles. The molecular weight excluding hydrogens is 300 g/mol. The lowest BCUT2D eigenvalue weighted by molar-refractivity contribution is 0.367. The second-order valence-corrected chi connectivity index (χ2v) is 5.49. The third kappa shape index (κ3) is 2.21. The molecule has 0 aliphatic rings. The number of benzene rings is 1. The molecule has 0 aliphatic carbocycles. The summed E-state index contributed by atoms with van der Waals surface area (Å²) in [5.74, 6) is 1.00. The maximum absolute atomic E-state index is 11.8. The summed E-state index contributed by atoms with van der Waals surface area (Å²) in [6, 6.07) is 9.26. The minimum absolute atomic E-state index is 0.101. The van der Waals surface area contributed by atoms with Gasteiger partial charge in [0, 0.05) is 16.3 Å². The number of rotatable bonds is 3. The molecule has 0 aliphatic heterocycles. The fraction of sp³-hybridized carbons (Fsp3) is 0.0667. The number of fused-ring (bicyclic) bond motifs is 1. The average Bonchev–Trinajstić information content (AvgIpc) is 3.21. The molecule has 0 fully saturated rings. The molecule has 7 heteroatoms. The van der Waals surface area contributed by atoms with E-state index in [-0.39, 0.29) is 5.43 Å². The molecule has 1 aromatic carbocycles. The predicted octanol–water partition coefficient (Wildman–Crippen LogP) is 2.56. The van der Waals surface area contributed by atoms with Crippen LogP contribution in [-0.2, 0) is 6.54 Å². The molecule has 0 bridgehead atoms. The maximum Gasteiger partial charge on any atom is 0.248 e. The van der Waals surface area contributed by atoms with Gasteiger partial charge in [0.2, 0.25) is 17.1 Å². The number of hydrogen-bond acceptors (Lipinski definition) is 6. The summed E-state index contributed by atoms with van der Waals surface area (Å²) < 4.78 is 6.96. The molecule has 3 aromatic heterocycles. The van der Waals surface area contributed by atoms with Crippen LogP contribution in [0, 0.1) is 0 Å². The minimum atomic E-state index is -0.101. The Morgan fingerprint density at radius 2 is 2.14 bits per heavy atom. The van der Waals surface area contributed by atoms with E-state index < -0.39 is 0 Å². The monoisotopic (exact) mass is 310 g/mol. The highest BCUT2D eigenvalue weighted by Gasteiger charge is 2.11. The molecular formula is C15H10N4O2S. The molecule has 0 saturated heterocycles. The summed E-state index contributed by atoms with van der Waals surface area (Å²) >= 11 is 1.58. The van der Waals surface area contributed by atoms with Crippen molar-refractivity contribution in [1.29, 1.82) is 0 Å². The van der Waals surface area contributed by atoms with Crippen molar-refractivity contribution in [3.8, 4) is 11.4 Å². The predicted molar refractivity (Wildman–Crippen MR) is 82.7 cm³/mol. The van der Waals surface area contributed by atoms with E-state index in [0.717, 1.165) is 11.1 Å². The quantitative estimate of drug-likeness (QED) is 0.581. The molecule has 0 atom stereocenters. The Balaban J connectivity index is 1.73. The summed E-state index contributed by atoms with van der Waals surface area (Å²) in [4.78, 5) is 16.2. The fourth-order valence-corrected chi connectivity index (χ4v) is 2.88. The highest BCUT2D eigenvalue weighted by molar-refractivity contribution is 7.08. The Morgan fingerprint density at radius 3 is 3.00 bits per heavy atom. The van der Waals surface area contributed by atoms with Gasteiger partial charge in [-0.25, -0.2) is 0 Å². The Kier molecular flexibility index (Phi) is 3.05. The van der Waals surface area contributed by atoms with E-state index >= 15 is 0 Å². The van der Waals surface area contributed by atoms with Crippen molar-refractivity contribution in [2.75, 3.05) is 0 Å². The highest BCUT2D eigenvalue weighted by atomic mass is 32.1. The summed E-state index contributed by atoms with van der Waals surface area (Å²) in [6.45, 7) is 0.317. The third-order valence-electron chi connectivity index (χ3n) is 3.29. The van der Waals surface area contributed by atoms with Crippen LogP contribution in [0.5, 0.6) is 0 Å². The van der Waals surface area contributed by atoms with Gasteiger partial charge in [0.05, 0.1) is 11.7 Å². The van der Waals surface area contributed by atoms with Crippen LogP contribution in [-0.4, -0.2) is 19.9 Å². The summed E-state index contributed by atoms with van der Waals surface area (Å²) in [6.07, 6.45) is 1.30. The van der Waals surface area contributed by atoms with E-state index in [4.69, 9.17) is 4.52 Å². The molecule has 6 nitrogen and oxygen atoms in total. The number of nitrogens with zero attached hydrogens (tertiary/aromatic N) is 4. The van der Waals surface area contributed by atoms with Crippen LogP contribution in [0.2, 0.25) is 0 Å². The van der Waals surface area contributed by atoms with Gasteiger partial charge in [0.15, 0.2) is 0 Å². The molecule has 0 spiro atoms. The number of aromatic nitrogens is 4. The maximum atomic E-state index is 11.8. The zero-order valence-electron chi connectivity index (χ0n) is 11.3. The largest absolute Gasteiger partial charge is 0.337 e. The van der Waals surface area contributed by atoms with Crippen LogP contribution in [0.25, 0.3) is 22.3 Å². The first-order valence-electron chi connectivity index (χ1n) is 6.61. The van der Waals surface area contributed by atoms with Gasteiger partial charge in [-0.3, -0.25) is 9.48 Å². The van der Waals surface area contributed by atoms with Crippen molar-refractivity contribution in [3.63, 3.8) is 0 Å². The van der Waals surface area contributed by atoms with Gasteiger partial charge < -0.3 is 4.52 Å². The number of hydrogen-bond donors (Lipinski definition) is 0. The Labute approximate surface area is 128 Å². The first kappa shape index (κ1) is 12.9. The second-order valence-electron chi connectivity index (χ2n) is 4.71. The first-order chi connectivity index (χ1) is 10.8. The van der Waals surface area contributed by atoms with Crippen molar-refractivity contribution < 1.29 is 4.52 Å². The minimum Gasteiger partial charge on any atom is -0.337 e. The molecule has 108 valence electrons. The van der Waals surface area contributed by atoms with Crippen LogP contribution in [0.15, 0.2) is 56.6 Å². The SMILES string of the molecule is O=c1cnn(Cc2nc(-c3ccsc3)no2)c2ccccc12. The van der Waals surface area contributed by atoms with E-state index in [2.05, 4.69) is 15.2 Å². The third-order valence-corrected chi connectivity index (χ3v) is 3.98. The van der Waals surface area contributed by atoms with Gasteiger partial charge in [-0.1, -0.05) is 17.3 Å². The standard InChI is InChI=1S/C15H10N4O2S/c20-13-7-16-19(12-4-2-1-3-11(12)13)8-14-17-15(18-21-14)10-5-6-22-9-10/h1-7,9H,8H2. The van der Waals surface area contributed by atoms with E-state index in [9.17, 15) is 4.79 Å². The van der Waals surface area contributed by atoms with Crippen LogP contribution in [0.4, 0.5) is 0 Å². The molecule has 0 unspecified atom stereocenters. The Bertz CT molecular complexity index is 988. The van der Waals surface area contributed by atoms with Crippen molar-refractivity contribution in [1.82, 2.24) is 19.9 Å². The first-order valence-corrected chi connectivity index (χ1v) is 7.55. The van der Waals surface area contributed by atoms with Gasteiger partial charge in [-0.15, -0.1) is 0 Å². The topological polar surface area (TPSA) is 73.8 Å². The van der Waals surface area contributed by atoms with E-state index in [1.807, 2.05) is 35.0 Å². The Morgan fingerprint density at radius 1 is 1.23 bits per heavy atom. The molecule has 3 heterocycles. The smallest absolute Gasteiger partial charge is 0.248 e. The van der Waals surface area contributed by atoms with Crippen molar-refractivity contribution >= 4 is 22.2 Å². The summed E-state index contributed by atoms with van der Waals surface area (Å²) in [7, 11) is 0. The van der Waals surface area contributed by atoms with Gasteiger partial charge >= 0.3 is 0 Å². The highest BCUT2D eigenvalue weighted by Crippen LogP contribution is 2.19. The Hall–Kier alpha value is -2.80. The molecule has 22 heavy (non-hydrogen) atoms. The number of thiophene rings is 1.